The molecule has 6 nitrogen and oxygen atoms in total. The molecule has 7 heteroatoms. The zero-order valence-corrected chi connectivity index (χ0v) is 13.9. The Balaban J connectivity index is 1.70. The number of nitrogens with two attached hydrogens (primary N) is 1. The van der Waals surface area contributed by atoms with Crippen molar-refractivity contribution in [1.29, 1.82) is 0 Å². The van der Waals surface area contributed by atoms with Gasteiger partial charge in [0.2, 0.25) is 0 Å². The quantitative estimate of drug-likeness (QED) is 0.804. The van der Waals surface area contributed by atoms with Gasteiger partial charge in [-0.25, -0.2) is 0 Å². The number of nitrogens with zero attached hydrogens (tertiary/aromatic N) is 1. The molecule has 2 saturated heterocycles. The fourth-order valence-corrected chi connectivity index (χ4v) is 3.78. The van der Waals surface area contributed by atoms with E-state index in [9.17, 15) is 4.79 Å². The zero-order valence-electron chi connectivity index (χ0n) is 13.2. The van der Waals surface area contributed by atoms with Crippen molar-refractivity contribution in [3.8, 4) is 11.5 Å². The van der Waals surface area contributed by atoms with Gasteiger partial charge in [-0.05, 0) is 42.6 Å². The Morgan fingerprint density at radius 3 is 2.70 bits per heavy atom. The number of fused-ring (bicyclic) bond motifs is 1. The highest BCUT2D eigenvalue weighted by Gasteiger charge is 2.35. The summed E-state index contributed by atoms with van der Waals surface area (Å²) in [6, 6.07) is 3.78. The van der Waals surface area contributed by atoms with Crippen LogP contribution in [-0.2, 0) is 11.3 Å². The minimum atomic E-state index is -0.551. The van der Waals surface area contributed by atoms with E-state index in [0.717, 1.165) is 50.1 Å². The van der Waals surface area contributed by atoms with E-state index in [1.54, 1.807) is 7.11 Å². The van der Waals surface area contributed by atoms with Crippen molar-refractivity contribution >= 4 is 17.5 Å². The summed E-state index contributed by atoms with van der Waals surface area (Å²) in [5.74, 6) is 1.84. The molecule has 23 heavy (non-hydrogen) atoms. The Morgan fingerprint density at radius 1 is 1.39 bits per heavy atom. The standard InChI is InChI=1S/C16H22ClN3O3/c1-22-14-3-10(2-13(17)16(14)23-9-15(18)21)6-20-7-11-4-19-5-12(11)8-20/h2-3,11-12,19H,4-9H2,1H3,(H2,18,21)/t11-,12+. The van der Waals surface area contributed by atoms with Crippen LogP contribution in [0.15, 0.2) is 12.1 Å². The van der Waals surface area contributed by atoms with Gasteiger partial charge in [-0.1, -0.05) is 11.6 Å². The highest BCUT2D eigenvalue weighted by Crippen LogP contribution is 2.37. The van der Waals surface area contributed by atoms with E-state index >= 15 is 0 Å². The van der Waals surface area contributed by atoms with Crippen LogP contribution in [0.5, 0.6) is 11.5 Å². The number of rotatable bonds is 6. The van der Waals surface area contributed by atoms with Crippen LogP contribution in [0.1, 0.15) is 5.56 Å². The molecule has 0 unspecified atom stereocenters. The number of hydrogen-bond donors (Lipinski definition) is 2. The number of ether oxygens (including phenoxy) is 2. The molecular formula is C16H22ClN3O3. The number of likely N-dealkylation sites (tertiary alicyclic amines) is 1. The van der Waals surface area contributed by atoms with E-state index in [-0.39, 0.29) is 6.61 Å². The molecule has 1 aromatic rings. The third kappa shape index (κ3) is 3.71. The van der Waals surface area contributed by atoms with Crippen molar-refractivity contribution in [1.82, 2.24) is 10.2 Å². The van der Waals surface area contributed by atoms with Crippen molar-refractivity contribution in [2.75, 3.05) is 39.9 Å². The smallest absolute Gasteiger partial charge is 0.255 e. The average molecular weight is 340 g/mol. The third-order valence-electron chi connectivity index (χ3n) is 4.52. The summed E-state index contributed by atoms with van der Waals surface area (Å²) in [5.41, 5.74) is 6.18. The Hall–Kier alpha value is -1.50. The number of primary amides is 1. The number of methoxy groups -OCH3 is 1. The summed E-state index contributed by atoms with van der Waals surface area (Å²) in [4.78, 5) is 13.3. The number of benzene rings is 1. The summed E-state index contributed by atoms with van der Waals surface area (Å²) in [6.07, 6.45) is 0. The van der Waals surface area contributed by atoms with Crippen LogP contribution < -0.4 is 20.5 Å². The molecule has 2 aliphatic rings. The first-order valence-corrected chi connectivity index (χ1v) is 8.15. The number of halogens is 1. The summed E-state index contributed by atoms with van der Waals surface area (Å²) in [6.45, 7) is 5.06. The molecule has 0 bridgehead atoms. The van der Waals surface area contributed by atoms with Gasteiger partial charge >= 0.3 is 0 Å². The van der Waals surface area contributed by atoms with Gasteiger partial charge in [-0.3, -0.25) is 9.69 Å². The molecular weight excluding hydrogens is 318 g/mol. The van der Waals surface area contributed by atoms with Crippen LogP contribution in [0.4, 0.5) is 0 Å². The second kappa shape index (κ2) is 6.95. The molecule has 0 saturated carbocycles. The lowest BCUT2D eigenvalue weighted by Gasteiger charge is -2.19. The molecule has 3 rings (SSSR count). The van der Waals surface area contributed by atoms with Gasteiger partial charge in [0.25, 0.3) is 5.91 Å². The number of carbonyl (C=O) groups excluding carboxylic acids is 1. The lowest BCUT2D eigenvalue weighted by molar-refractivity contribution is -0.119. The van der Waals surface area contributed by atoms with Gasteiger partial charge in [0.05, 0.1) is 12.1 Å². The monoisotopic (exact) mass is 339 g/mol. The van der Waals surface area contributed by atoms with Crippen molar-refractivity contribution in [2.45, 2.75) is 6.54 Å². The fourth-order valence-electron chi connectivity index (χ4n) is 3.49. The van der Waals surface area contributed by atoms with E-state index in [4.69, 9.17) is 26.8 Å². The first-order chi connectivity index (χ1) is 11.1. The second-order valence-electron chi connectivity index (χ2n) is 6.24. The maximum atomic E-state index is 10.9. The maximum Gasteiger partial charge on any atom is 0.255 e. The number of carbonyl (C=O) groups is 1. The van der Waals surface area contributed by atoms with Gasteiger partial charge in [0.1, 0.15) is 0 Å². The number of hydrogen-bond acceptors (Lipinski definition) is 5. The van der Waals surface area contributed by atoms with Crippen molar-refractivity contribution in [3.05, 3.63) is 22.7 Å². The van der Waals surface area contributed by atoms with Crippen LogP contribution in [0, 0.1) is 11.8 Å². The normalized spacial score (nSPS) is 23.7. The first kappa shape index (κ1) is 16.4. The van der Waals surface area contributed by atoms with E-state index in [0.29, 0.717) is 16.5 Å². The number of nitrogens with one attached hydrogen (secondary N) is 1. The highest BCUT2D eigenvalue weighted by molar-refractivity contribution is 6.32. The van der Waals surface area contributed by atoms with Gasteiger partial charge in [-0.2, -0.15) is 0 Å². The third-order valence-corrected chi connectivity index (χ3v) is 4.80. The molecule has 2 fully saturated rings. The van der Waals surface area contributed by atoms with E-state index < -0.39 is 5.91 Å². The van der Waals surface area contributed by atoms with Gasteiger partial charge in [0.15, 0.2) is 18.1 Å². The second-order valence-corrected chi connectivity index (χ2v) is 6.64. The van der Waals surface area contributed by atoms with Gasteiger partial charge in [0, 0.05) is 19.6 Å². The van der Waals surface area contributed by atoms with Crippen LogP contribution in [0.3, 0.4) is 0 Å². The van der Waals surface area contributed by atoms with Crippen molar-refractivity contribution in [3.63, 3.8) is 0 Å². The largest absolute Gasteiger partial charge is 0.493 e. The molecule has 2 heterocycles. The van der Waals surface area contributed by atoms with Gasteiger partial charge in [-0.15, -0.1) is 0 Å². The van der Waals surface area contributed by atoms with E-state index in [1.165, 1.54) is 0 Å². The molecule has 1 amide bonds. The lowest BCUT2D eigenvalue weighted by Crippen LogP contribution is -2.25. The van der Waals surface area contributed by atoms with E-state index in [2.05, 4.69) is 10.2 Å². The van der Waals surface area contributed by atoms with Crippen LogP contribution >= 0.6 is 11.6 Å². The van der Waals surface area contributed by atoms with Crippen LogP contribution in [0.2, 0.25) is 5.02 Å². The maximum absolute atomic E-state index is 10.9. The summed E-state index contributed by atoms with van der Waals surface area (Å²) in [5, 5.41) is 3.88. The zero-order chi connectivity index (χ0) is 16.4. The topological polar surface area (TPSA) is 76.8 Å². The summed E-state index contributed by atoms with van der Waals surface area (Å²) in [7, 11) is 1.55. The van der Waals surface area contributed by atoms with Gasteiger partial charge < -0.3 is 20.5 Å². The Bertz CT molecular complexity index is 584. The van der Waals surface area contributed by atoms with Crippen LogP contribution in [0.25, 0.3) is 0 Å². The molecule has 3 N–H and O–H groups in total. The molecule has 2 atom stereocenters. The predicted octanol–water partition coefficient (Wildman–Crippen LogP) is 0.864. The van der Waals surface area contributed by atoms with Crippen molar-refractivity contribution < 1.29 is 14.3 Å². The minimum absolute atomic E-state index is 0.224. The average Bonchev–Trinajstić information content (AvgIpc) is 3.06. The fraction of sp³-hybridized carbons (Fsp3) is 0.562. The minimum Gasteiger partial charge on any atom is -0.493 e. The molecule has 0 aliphatic carbocycles. The summed E-state index contributed by atoms with van der Waals surface area (Å²) >= 11 is 6.29. The number of amides is 1. The predicted molar refractivity (Wildman–Crippen MR) is 87.8 cm³/mol. The highest BCUT2D eigenvalue weighted by atomic mass is 35.5. The Morgan fingerprint density at radius 2 is 2.09 bits per heavy atom. The molecule has 0 spiro atoms. The van der Waals surface area contributed by atoms with E-state index in [1.807, 2.05) is 12.1 Å². The molecule has 1 aromatic carbocycles. The molecule has 0 radical (unpaired) electrons. The van der Waals surface area contributed by atoms with Crippen molar-refractivity contribution in [2.24, 2.45) is 17.6 Å². The molecule has 0 aromatic heterocycles. The summed E-state index contributed by atoms with van der Waals surface area (Å²) < 4.78 is 10.7. The molecule has 126 valence electrons. The Labute approximate surface area is 140 Å². The Kier molecular flexibility index (Phi) is 4.94. The molecule has 2 aliphatic heterocycles. The lowest BCUT2D eigenvalue weighted by atomic mass is 10.0. The first-order valence-electron chi connectivity index (χ1n) is 7.77. The van der Waals surface area contributed by atoms with Crippen LogP contribution in [-0.4, -0.2) is 50.7 Å². The SMILES string of the molecule is COc1cc(CN2C[C@H]3CNC[C@H]3C2)cc(Cl)c1OCC(N)=O.